The van der Waals surface area contributed by atoms with Crippen molar-refractivity contribution in [3.05, 3.63) is 126 Å². The summed E-state index contributed by atoms with van der Waals surface area (Å²) in [6, 6.07) is -2.19. The Kier molecular flexibility index (Phi) is 42.1. The number of rotatable bonds is 21. The summed E-state index contributed by atoms with van der Waals surface area (Å²) in [6.45, 7) is 32.9. The summed E-state index contributed by atoms with van der Waals surface area (Å²) in [5, 5.41) is 18.8. The van der Waals surface area contributed by atoms with E-state index in [1.54, 1.807) is 36.7 Å². The number of hydrogen-bond donors (Lipinski definition) is 7. The highest BCUT2D eigenvalue weighted by Crippen LogP contribution is 2.55. The summed E-state index contributed by atoms with van der Waals surface area (Å²) in [7, 11) is 2.78. The molecule has 5 saturated heterocycles. The van der Waals surface area contributed by atoms with E-state index in [2.05, 4.69) is 169 Å². The minimum absolute atomic E-state index is 0. The van der Waals surface area contributed by atoms with Gasteiger partial charge in [0.25, 0.3) is 0 Å². The predicted molar refractivity (Wildman–Crippen MR) is 567 cm³/mol. The topological polar surface area (TPSA) is 374 Å². The number of halogens is 3. The van der Waals surface area contributed by atoms with Crippen molar-refractivity contribution in [3.8, 4) is 24.2 Å². The molecule has 8 amide bonds. The standard InChI is InChI=1S/C36H46N6O4S2.C19H24BrN3OS2.C18H22BrN3O2S2.C17H23N3O3.C7H13NO4.CH3F.2CH4/c1-20(2)22(5)34(43)42-14-8-10-28(42)33-38-19-26(39-33)29-17-31-30(48-29)16-24(47-31)12-11-23-15-25(37-18-23)27-9-7-13-41(27)35(44)32(21(3)4)40-36(45)46-6;1-10(2)11(3)19(24)23-6-4-5-13(23)18-21-9-12(22-18)14-7-15-16(25-14)8-17(20)26-15;1-18(2,3)24-17(23)22-6-4-5-11(22)16-20-9-10(21-16)12-7-13-14(25-12)8-15(19)26-13;1-5-12-9-13(18-10-12)14-7-6-8-20(14)16(21)15(11(2)3)19-17(22)23-4;1-4(2)5(6(9)10)8-7(11)12-3;1-2;;/h16-22,27-28,30-32H,7-10,13-15H2,1-6H3,(H,38,39)(H,40,45);7-11,13,15-16H,4-6H2,1-3H3,(H,21,22);7-9,11,13-14H,4-6H2,1-3H3,(H,20,21);1,10-11,14-15H,6-9H2,2-4H3,(H,19,22);4-5H,1-3H3,(H,8,11)(H,9,10);1H3;2*1H4/t22-,27-,28-,30?,31?,32-;11-,13-,15?,16?;11-,13?,14?;14-,15-;5-;;;/m00000.../s1/i;;;;;1D;;. The Morgan fingerprint density at radius 3 is 1.13 bits per heavy atom. The molecule has 0 radical (unpaired) electrons. The van der Waals surface area contributed by atoms with Gasteiger partial charge < -0.3 is 74.6 Å². The molecule has 39 heteroatoms. The number of amides is 8. The van der Waals surface area contributed by atoms with E-state index in [1.165, 1.54) is 43.7 Å². The molecule has 7 N–H and O–H groups in total. The first-order chi connectivity index (χ1) is 65.6. The largest absolute Gasteiger partial charge is 0.480 e. The van der Waals surface area contributed by atoms with Gasteiger partial charge in [-0.15, -0.1) is 77.0 Å². The molecule has 16 heterocycles. The maximum atomic E-state index is 13.5. The number of aliphatic imine (C=N–C) groups is 2. The molecule has 5 fully saturated rings. The fraction of sp³-hybridized carbons (Fsp3) is 0.600. The van der Waals surface area contributed by atoms with Crippen LogP contribution in [-0.4, -0.2) is 253 Å². The van der Waals surface area contributed by atoms with Crippen LogP contribution >= 0.6 is 102 Å². The Labute approximate surface area is 862 Å². The number of ether oxygens (including phenoxy) is 4. The molecule has 13 aliphatic heterocycles. The molecular weight excluding hydrogens is 2020 g/mol. The van der Waals surface area contributed by atoms with Gasteiger partial charge in [-0.2, -0.15) is 0 Å². The van der Waals surface area contributed by atoms with Crippen molar-refractivity contribution in [2.24, 2.45) is 51.4 Å². The number of nitrogens with zero attached hydrogens (tertiary/aromatic N) is 10. The molecule has 16 rings (SSSR count). The molecule has 3 aromatic heterocycles. The molecule has 0 aliphatic carbocycles. The van der Waals surface area contributed by atoms with Gasteiger partial charge in [-0.25, -0.2) is 38.9 Å². The number of allylic oxidation sites excluding steroid dienone is 3. The fourth-order valence-corrected chi connectivity index (χ4v) is 27.7. The molecule has 0 aromatic carbocycles. The van der Waals surface area contributed by atoms with Crippen LogP contribution in [0.3, 0.4) is 0 Å². The van der Waals surface area contributed by atoms with Gasteiger partial charge in [0.15, 0.2) is 0 Å². The van der Waals surface area contributed by atoms with E-state index in [1.807, 2.05) is 166 Å². The van der Waals surface area contributed by atoms with Crippen molar-refractivity contribution in [1.82, 2.24) is 70.4 Å². The highest BCUT2D eigenvalue weighted by atomic mass is 79.9. The molecule has 13 aliphatic rings. The molecule has 0 saturated carbocycles. The first kappa shape index (κ1) is 112. The SMILES string of the molecule is C.C.C#CC1=CN=C([C@@H]2CCCN2C(=O)[C@@H](NC(=O)OC)C(C)C)C1.CC(C)(C)OC(=O)N1CCC[C@H]1c1ncc(C2=CC3SC(Br)=CC3S2)[nH]1.CC(C)[C@H](C)C(=O)N1CCC[C@H]1c1ncc(C2=CC3SC(Br)=CC3S2)[nH]1.COC(=O)N[C@H](C(=O)N1CCC[C@H]1C1=NC=C(C#CC2=CC3SC(c4cnc([C@@H]5CCCN5C(=O)[C@@H](C)C(C)C)[nH]4)=CC3S2)C1)C(C)C.COC(=O)N[C@H](C(=O)O)C(C)C.[2H]CF. The van der Waals surface area contributed by atoms with Crippen LogP contribution in [0.25, 0.3) is 14.7 Å². The number of nitrogens with one attached hydrogen (secondary N) is 6. The molecule has 0 spiro atoms. The Hall–Kier alpha value is -8.57. The molecular formula is C100H139Br2FN16O14S6. The Balaban J connectivity index is 0.000000206. The summed E-state index contributed by atoms with van der Waals surface area (Å²) in [5.41, 5.74) is 6.34. The van der Waals surface area contributed by atoms with Gasteiger partial charge in [-0.3, -0.25) is 38.5 Å². The lowest BCUT2D eigenvalue weighted by Gasteiger charge is -2.31. The number of imidazole rings is 3. The summed E-state index contributed by atoms with van der Waals surface area (Å²) < 4.78 is 37.2. The summed E-state index contributed by atoms with van der Waals surface area (Å²) >= 11 is 18.3. The summed E-state index contributed by atoms with van der Waals surface area (Å²) in [5.74, 6) is 11.7. The second kappa shape index (κ2) is 52.1. The third-order valence-corrected chi connectivity index (χ3v) is 35.1. The number of carboxylic acids is 1. The van der Waals surface area contributed by atoms with Gasteiger partial charge in [0.1, 0.15) is 41.2 Å². The number of aliphatic carboxylic acids is 1. The zero-order valence-electron chi connectivity index (χ0n) is 82.1. The van der Waals surface area contributed by atoms with Crippen molar-refractivity contribution >= 4 is 183 Å². The highest BCUT2D eigenvalue weighted by molar-refractivity contribution is 9.14. The number of hydrogen-bond acceptors (Lipinski definition) is 24. The number of methoxy groups -OCH3 is 3. The number of carbonyl (C=O) groups is 9. The Morgan fingerprint density at radius 1 is 0.475 bits per heavy atom. The van der Waals surface area contributed by atoms with Crippen molar-refractivity contribution < 1.29 is 73.0 Å². The molecule has 760 valence electrons. The lowest BCUT2D eigenvalue weighted by molar-refractivity contribution is -0.140. The molecule has 16 atom stereocenters. The van der Waals surface area contributed by atoms with Gasteiger partial charge in [0.05, 0.1) is 101 Å². The molecule has 0 bridgehead atoms. The van der Waals surface area contributed by atoms with E-state index in [-0.39, 0.29) is 104 Å². The Bertz CT molecular complexity index is 5370. The van der Waals surface area contributed by atoms with Crippen molar-refractivity contribution in [3.63, 3.8) is 0 Å². The van der Waals surface area contributed by atoms with Gasteiger partial charge in [-0.1, -0.05) is 134 Å². The van der Waals surface area contributed by atoms with E-state index in [4.69, 9.17) is 32.4 Å². The van der Waals surface area contributed by atoms with E-state index in [0.29, 0.717) is 75.8 Å². The van der Waals surface area contributed by atoms with Crippen molar-refractivity contribution in [2.45, 2.75) is 281 Å². The van der Waals surface area contributed by atoms with Crippen LogP contribution in [0.1, 0.15) is 250 Å². The maximum Gasteiger partial charge on any atom is 0.410 e. The van der Waals surface area contributed by atoms with Crippen molar-refractivity contribution in [1.29, 1.82) is 0 Å². The summed E-state index contributed by atoms with van der Waals surface area (Å²) in [4.78, 5) is 157. The van der Waals surface area contributed by atoms with Gasteiger partial charge in [-0.05, 0) is 165 Å². The minimum Gasteiger partial charge on any atom is -0.480 e. The first-order valence-corrected chi connectivity index (χ1v) is 53.6. The lowest BCUT2D eigenvalue weighted by Crippen LogP contribution is -2.53. The smallest absolute Gasteiger partial charge is 0.410 e. The number of H-pyrrole nitrogens is 3. The lowest BCUT2D eigenvalue weighted by atomic mass is 9.96. The average Bonchev–Trinajstić information content (AvgIpc) is 1.65. The van der Waals surface area contributed by atoms with Crippen LogP contribution in [0, 0.1) is 65.6 Å². The molecule has 6 unspecified atom stereocenters. The monoisotopic (exact) mass is 2160 g/mol. The number of fused-ring (bicyclic) bond motifs is 3. The van der Waals surface area contributed by atoms with Crippen LogP contribution in [0.5, 0.6) is 0 Å². The van der Waals surface area contributed by atoms with E-state index < -0.39 is 55.1 Å². The molecule has 3 aromatic rings. The second-order valence-corrected chi connectivity index (χ2v) is 48.0. The van der Waals surface area contributed by atoms with Gasteiger partial charge >= 0.3 is 30.3 Å². The van der Waals surface area contributed by atoms with Crippen LogP contribution in [0.15, 0.2) is 101 Å². The summed E-state index contributed by atoms with van der Waals surface area (Å²) in [6.07, 6.45) is 36.9. The van der Waals surface area contributed by atoms with Crippen LogP contribution in [0.2, 0.25) is 0 Å². The van der Waals surface area contributed by atoms with Gasteiger partial charge in [0.2, 0.25) is 23.6 Å². The number of carboxylic acid groups (broad SMARTS) is 1. The van der Waals surface area contributed by atoms with Crippen LogP contribution in [0.4, 0.5) is 23.6 Å². The normalized spacial score (nSPS) is 24.5. The number of carbonyl (C=O) groups excluding carboxylic acids is 8. The second-order valence-electron chi connectivity index (χ2n) is 38.0. The van der Waals surface area contributed by atoms with Gasteiger partial charge in [0, 0.05) is 146 Å². The van der Waals surface area contributed by atoms with E-state index in [0.717, 1.165) is 139 Å². The number of alkyl carbamates (subject to hydrolysis) is 3. The number of aromatic nitrogens is 6. The number of aromatic amines is 3. The minimum atomic E-state index is -1.06. The maximum absolute atomic E-state index is 13.5. The quantitative estimate of drug-likeness (QED) is 0.0385. The number of alkyl halides is 1. The number of thioether (sulfide) groups is 6. The number of terminal acetylenes is 1. The van der Waals surface area contributed by atoms with Crippen LogP contribution in [-0.2, 0) is 42.9 Å². The van der Waals surface area contributed by atoms with E-state index >= 15 is 0 Å². The fourth-order valence-electron chi connectivity index (χ4n) is 17.7. The zero-order chi connectivity index (χ0) is 100. The van der Waals surface area contributed by atoms with Crippen LogP contribution < -0.4 is 16.0 Å². The average molecular weight is 2160 g/mol. The van der Waals surface area contributed by atoms with Crippen molar-refractivity contribution in [2.75, 3.05) is 61.2 Å². The first-order valence-electron chi connectivity index (χ1n) is 47.5. The third-order valence-electron chi connectivity index (χ3n) is 25.7. The molecule has 139 heavy (non-hydrogen) atoms. The molecule has 30 nitrogen and oxygen atoms in total. The predicted octanol–water partition coefficient (Wildman–Crippen LogP) is 20.4. The third kappa shape index (κ3) is 29.2. The highest BCUT2D eigenvalue weighted by Gasteiger charge is 2.45. The number of likely N-dealkylation sites (tertiary alicyclic amines) is 5. The zero-order valence-corrected chi connectivity index (χ0v) is 89.2. The van der Waals surface area contributed by atoms with E-state index in [9.17, 15) is 47.5 Å². The Morgan fingerprint density at radius 2 is 0.799 bits per heavy atom.